The van der Waals surface area contributed by atoms with Gasteiger partial charge in [0.05, 0.1) is 13.2 Å². The summed E-state index contributed by atoms with van der Waals surface area (Å²) in [4.78, 5) is 0. The second-order valence-corrected chi connectivity index (χ2v) is 4.54. The molecule has 2 aromatic carbocycles. The van der Waals surface area contributed by atoms with Crippen LogP contribution in [0.4, 0.5) is 0 Å². The van der Waals surface area contributed by atoms with Crippen LogP contribution in [0.1, 0.15) is 24.2 Å². The molecule has 0 amide bonds. The highest BCUT2D eigenvalue weighted by atomic mass is 16.5. The SMILES string of the molecule is COc1ccc([C@H](C)O)c(OCC#Cc2ccccc2)c1. The van der Waals surface area contributed by atoms with Gasteiger partial charge in [0.2, 0.25) is 0 Å². The molecule has 0 aliphatic rings. The van der Waals surface area contributed by atoms with E-state index in [-0.39, 0.29) is 6.61 Å². The van der Waals surface area contributed by atoms with Crippen LogP contribution in [0.25, 0.3) is 0 Å². The van der Waals surface area contributed by atoms with E-state index in [0.717, 1.165) is 11.1 Å². The maximum Gasteiger partial charge on any atom is 0.149 e. The summed E-state index contributed by atoms with van der Waals surface area (Å²) < 4.78 is 10.8. The molecule has 0 aliphatic carbocycles. The lowest BCUT2D eigenvalue weighted by molar-refractivity contribution is 0.193. The van der Waals surface area contributed by atoms with Gasteiger partial charge >= 0.3 is 0 Å². The lowest BCUT2D eigenvalue weighted by atomic mass is 10.1. The van der Waals surface area contributed by atoms with Crippen molar-refractivity contribution in [2.24, 2.45) is 0 Å². The molecule has 0 bridgehead atoms. The molecule has 0 unspecified atom stereocenters. The number of methoxy groups -OCH3 is 1. The van der Waals surface area contributed by atoms with E-state index in [1.165, 1.54) is 0 Å². The fourth-order valence-corrected chi connectivity index (χ4v) is 1.89. The van der Waals surface area contributed by atoms with Crippen molar-refractivity contribution in [3.8, 4) is 23.3 Å². The van der Waals surface area contributed by atoms with Crippen molar-refractivity contribution >= 4 is 0 Å². The summed E-state index contributed by atoms with van der Waals surface area (Å²) in [5, 5.41) is 9.75. The highest BCUT2D eigenvalue weighted by Gasteiger charge is 2.10. The van der Waals surface area contributed by atoms with Crippen LogP contribution in [0.3, 0.4) is 0 Å². The number of hydrogen-bond acceptors (Lipinski definition) is 3. The van der Waals surface area contributed by atoms with E-state index < -0.39 is 6.10 Å². The Morgan fingerprint density at radius 3 is 2.57 bits per heavy atom. The van der Waals surface area contributed by atoms with Gasteiger partial charge in [-0.2, -0.15) is 0 Å². The minimum Gasteiger partial charge on any atom is -0.497 e. The van der Waals surface area contributed by atoms with Crippen LogP contribution in [0.5, 0.6) is 11.5 Å². The molecule has 2 rings (SSSR count). The molecule has 0 saturated carbocycles. The van der Waals surface area contributed by atoms with Crippen LogP contribution >= 0.6 is 0 Å². The van der Waals surface area contributed by atoms with E-state index >= 15 is 0 Å². The number of rotatable bonds is 4. The molecule has 108 valence electrons. The van der Waals surface area contributed by atoms with Gasteiger partial charge in [-0.15, -0.1) is 0 Å². The first kappa shape index (κ1) is 15.0. The molecule has 0 saturated heterocycles. The quantitative estimate of drug-likeness (QED) is 0.875. The standard InChI is InChI=1S/C18H18O3/c1-14(19)17-11-10-16(20-2)13-18(17)21-12-6-9-15-7-4-3-5-8-15/h3-5,7-8,10-11,13-14,19H,12H2,1-2H3/t14-/m0/s1. The van der Waals surface area contributed by atoms with Crippen LogP contribution in [0, 0.1) is 11.8 Å². The first-order chi connectivity index (χ1) is 10.2. The Kier molecular flexibility index (Phi) is 5.25. The zero-order valence-corrected chi connectivity index (χ0v) is 12.2. The third-order valence-electron chi connectivity index (χ3n) is 2.98. The Labute approximate surface area is 125 Å². The van der Waals surface area contributed by atoms with Crippen molar-refractivity contribution in [1.82, 2.24) is 0 Å². The highest BCUT2D eigenvalue weighted by Crippen LogP contribution is 2.29. The number of benzene rings is 2. The Balaban J connectivity index is 2.07. The van der Waals surface area contributed by atoms with Crippen LogP contribution in [-0.2, 0) is 0 Å². The Morgan fingerprint density at radius 1 is 1.14 bits per heavy atom. The lowest BCUT2D eigenvalue weighted by Crippen LogP contribution is -2.01. The molecule has 3 heteroatoms. The van der Waals surface area contributed by atoms with Crippen LogP contribution < -0.4 is 9.47 Å². The summed E-state index contributed by atoms with van der Waals surface area (Å²) in [5.74, 6) is 7.26. The summed E-state index contributed by atoms with van der Waals surface area (Å²) in [6.07, 6.45) is -0.604. The second kappa shape index (κ2) is 7.37. The van der Waals surface area contributed by atoms with Gasteiger partial charge in [0.25, 0.3) is 0 Å². The Hall–Kier alpha value is -2.44. The summed E-state index contributed by atoms with van der Waals surface area (Å²) in [6.45, 7) is 1.95. The van der Waals surface area contributed by atoms with Gasteiger partial charge in [-0.25, -0.2) is 0 Å². The van der Waals surface area contributed by atoms with Gasteiger partial charge in [-0.1, -0.05) is 30.0 Å². The van der Waals surface area contributed by atoms with E-state index in [1.807, 2.05) is 30.3 Å². The minimum absolute atomic E-state index is 0.252. The molecule has 0 aromatic heterocycles. The minimum atomic E-state index is -0.604. The fraction of sp³-hybridized carbons (Fsp3) is 0.222. The maximum absolute atomic E-state index is 9.75. The molecule has 0 radical (unpaired) electrons. The number of aliphatic hydroxyl groups excluding tert-OH is 1. The van der Waals surface area contributed by atoms with Crippen molar-refractivity contribution in [3.05, 3.63) is 59.7 Å². The van der Waals surface area contributed by atoms with Crippen molar-refractivity contribution in [3.63, 3.8) is 0 Å². The molecule has 3 nitrogen and oxygen atoms in total. The van der Waals surface area contributed by atoms with Gasteiger partial charge in [-0.05, 0) is 31.2 Å². The fourth-order valence-electron chi connectivity index (χ4n) is 1.89. The monoisotopic (exact) mass is 282 g/mol. The van der Waals surface area contributed by atoms with E-state index in [1.54, 1.807) is 32.2 Å². The first-order valence-corrected chi connectivity index (χ1v) is 6.73. The molecular formula is C18H18O3. The van der Waals surface area contributed by atoms with Gasteiger partial charge in [0.15, 0.2) is 0 Å². The zero-order chi connectivity index (χ0) is 15.1. The van der Waals surface area contributed by atoms with Crippen LogP contribution in [0.15, 0.2) is 48.5 Å². The topological polar surface area (TPSA) is 38.7 Å². The van der Waals surface area contributed by atoms with E-state index in [2.05, 4.69) is 11.8 Å². The molecule has 2 aromatic rings. The van der Waals surface area contributed by atoms with Crippen molar-refractivity contribution < 1.29 is 14.6 Å². The molecular weight excluding hydrogens is 264 g/mol. The molecule has 0 heterocycles. The second-order valence-electron chi connectivity index (χ2n) is 4.54. The smallest absolute Gasteiger partial charge is 0.149 e. The van der Waals surface area contributed by atoms with Gasteiger partial charge in [0, 0.05) is 17.2 Å². The van der Waals surface area contributed by atoms with E-state index in [9.17, 15) is 5.11 Å². The van der Waals surface area contributed by atoms with Crippen molar-refractivity contribution in [2.75, 3.05) is 13.7 Å². The third-order valence-corrected chi connectivity index (χ3v) is 2.98. The summed E-state index contributed by atoms with van der Waals surface area (Å²) in [6, 6.07) is 15.1. The van der Waals surface area contributed by atoms with Gasteiger partial charge in [0.1, 0.15) is 18.1 Å². The summed E-state index contributed by atoms with van der Waals surface area (Å²) in [7, 11) is 1.59. The van der Waals surface area contributed by atoms with Gasteiger partial charge in [-0.3, -0.25) is 0 Å². The predicted octanol–water partition coefficient (Wildman–Crippen LogP) is 3.18. The highest BCUT2D eigenvalue weighted by molar-refractivity contribution is 5.42. The van der Waals surface area contributed by atoms with Gasteiger partial charge < -0.3 is 14.6 Å². The predicted molar refractivity (Wildman–Crippen MR) is 82.4 cm³/mol. The summed E-state index contributed by atoms with van der Waals surface area (Å²) >= 11 is 0. The van der Waals surface area contributed by atoms with Crippen LogP contribution in [0.2, 0.25) is 0 Å². The lowest BCUT2D eigenvalue weighted by Gasteiger charge is -2.13. The van der Waals surface area contributed by atoms with Crippen molar-refractivity contribution in [2.45, 2.75) is 13.0 Å². The average Bonchev–Trinajstić information content (AvgIpc) is 2.52. The summed E-state index contributed by atoms with van der Waals surface area (Å²) in [5.41, 5.74) is 1.67. The largest absolute Gasteiger partial charge is 0.497 e. The molecule has 0 aliphatic heterocycles. The third kappa shape index (κ3) is 4.27. The zero-order valence-electron chi connectivity index (χ0n) is 12.2. The normalized spacial score (nSPS) is 11.2. The molecule has 0 fully saturated rings. The number of ether oxygens (including phenoxy) is 2. The Morgan fingerprint density at radius 2 is 1.90 bits per heavy atom. The number of aliphatic hydroxyl groups is 1. The maximum atomic E-state index is 9.75. The average molecular weight is 282 g/mol. The number of hydrogen-bond donors (Lipinski definition) is 1. The molecule has 1 atom stereocenters. The van der Waals surface area contributed by atoms with Crippen molar-refractivity contribution in [1.29, 1.82) is 0 Å². The molecule has 1 N–H and O–H groups in total. The molecule has 21 heavy (non-hydrogen) atoms. The van der Waals surface area contributed by atoms with E-state index in [0.29, 0.717) is 11.5 Å². The Bertz CT molecular complexity index is 637. The first-order valence-electron chi connectivity index (χ1n) is 6.73. The molecule has 0 spiro atoms. The van der Waals surface area contributed by atoms with Crippen LogP contribution in [-0.4, -0.2) is 18.8 Å². The van der Waals surface area contributed by atoms with E-state index in [4.69, 9.17) is 9.47 Å².